The number of methoxy groups -OCH3 is 2. The number of carbonyl (C=O) groups excluding carboxylic acids is 1. The maximum absolute atomic E-state index is 12.1. The van der Waals surface area contributed by atoms with E-state index < -0.39 is 0 Å². The second kappa shape index (κ2) is 8.52. The van der Waals surface area contributed by atoms with Crippen molar-refractivity contribution in [1.82, 2.24) is 0 Å². The van der Waals surface area contributed by atoms with Gasteiger partial charge in [-0.05, 0) is 36.9 Å². The van der Waals surface area contributed by atoms with Gasteiger partial charge in [-0.25, -0.2) is 0 Å². The third-order valence-corrected chi connectivity index (χ3v) is 3.29. The van der Waals surface area contributed by atoms with E-state index in [4.69, 9.17) is 15.2 Å². The van der Waals surface area contributed by atoms with Gasteiger partial charge in [0, 0.05) is 12.5 Å². The maximum Gasteiger partial charge on any atom is 0.224 e. The maximum atomic E-state index is 12.1. The fraction of sp³-hybridized carbons (Fsp3) is 0.562. The molecule has 0 radical (unpaired) electrons. The zero-order valence-corrected chi connectivity index (χ0v) is 13.3. The normalized spacial score (nSPS) is 12.1. The first kappa shape index (κ1) is 17.3. The zero-order chi connectivity index (χ0) is 15.8. The molecule has 1 amide bonds. The Morgan fingerprint density at radius 3 is 2.52 bits per heavy atom. The molecular formula is C16H26N2O3. The lowest BCUT2D eigenvalue weighted by molar-refractivity contribution is -0.117. The van der Waals surface area contributed by atoms with E-state index in [1.165, 1.54) is 0 Å². The van der Waals surface area contributed by atoms with Gasteiger partial charge in [-0.3, -0.25) is 4.79 Å². The van der Waals surface area contributed by atoms with Crippen LogP contribution < -0.4 is 20.5 Å². The van der Waals surface area contributed by atoms with E-state index in [2.05, 4.69) is 19.2 Å². The third-order valence-electron chi connectivity index (χ3n) is 3.29. The first-order chi connectivity index (χ1) is 9.99. The van der Waals surface area contributed by atoms with Gasteiger partial charge in [-0.1, -0.05) is 13.8 Å². The second-order valence-electron chi connectivity index (χ2n) is 5.55. The summed E-state index contributed by atoms with van der Waals surface area (Å²) >= 11 is 0. The summed E-state index contributed by atoms with van der Waals surface area (Å²) in [5.41, 5.74) is 6.38. The number of rotatable bonds is 8. The third kappa shape index (κ3) is 5.63. The van der Waals surface area contributed by atoms with Gasteiger partial charge in [0.05, 0.1) is 19.9 Å². The molecular weight excluding hydrogens is 268 g/mol. The average molecular weight is 294 g/mol. The highest BCUT2D eigenvalue weighted by Gasteiger charge is 2.15. The van der Waals surface area contributed by atoms with Gasteiger partial charge in [-0.2, -0.15) is 0 Å². The van der Waals surface area contributed by atoms with Gasteiger partial charge in [0.2, 0.25) is 5.91 Å². The smallest absolute Gasteiger partial charge is 0.224 e. The van der Waals surface area contributed by atoms with Crippen molar-refractivity contribution in [2.45, 2.75) is 26.7 Å². The Labute approximate surface area is 126 Å². The highest BCUT2D eigenvalue weighted by molar-refractivity contribution is 5.92. The van der Waals surface area contributed by atoms with Crippen molar-refractivity contribution in [3.8, 4) is 11.5 Å². The molecule has 0 aliphatic carbocycles. The summed E-state index contributed by atoms with van der Waals surface area (Å²) in [7, 11) is 3.15. The van der Waals surface area contributed by atoms with E-state index in [9.17, 15) is 4.79 Å². The van der Waals surface area contributed by atoms with E-state index >= 15 is 0 Å². The molecule has 1 rings (SSSR count). The summed E-state index contributed by atoms with van der Waals surface area (Å²) in [5.74, 6) is 1.95. The summed E-state index contributed by atoms with van der Waals surface area (Å²) in [6.07, 6.45) is 1.37. The van der Waals surface area contributed by atoms with Gasteiger partial charge >= 0.3 is 0 Å². The standard InChI is InChI=1S/C16H26N2O3/c1-11(2)7-12(10-17)8-16(19)18-14-6-5-13(20-3)9-15(14)21-4/h5-6,9,11-12H,7-8,10,17H2,1-4H3,(H,18,19)/t12-/m0/s1. The molecule has 0 bridgehead atoms. The van der Waals surface area contributed by atoms with Gasteiger partial charge < -0.3 is 20.5 Å². The molecule has 21 heavy (non-hydrogen) atoms. The molecule has 0 aliphatic heterocycles. The minimum absolute atomic E-state index is 0.0467. The zero-order valence-electron chi connectivity index (χ0n) is 13.3. The van der Waals surface area contributed by atoms with Crippen molar-refractivity contribution in [3.63, 3.8) is 0 Å². The first-order valence-corrected chi connectivity index (χ1v) is 7.22. The number of carbonyl (C=O) groups is 1. The molecule has 0 aliphatic rings. The summed E-state index contributed by atoms with van der Waals surface area (Å²) in [6.45, 7) is 4.78. The molecule has 118 valence electrons. The van der Waals surface area contributed by atoms with Crippen molar-refractivity contribution in [1.29, 1.82) is 0 Å². The Hall–Kier alpha value is -1.75. The van der Waals surface area contributed by atoms with Crippen LogP contribution in [0, 0.1) is 11.8 Å². The minimum Gasteiger partial charge on any atom is -0.497 e. The molecule has 0 fully saturated rings. The number of anilines is 1. The summed E-state index contributed by atoms with van der Waals surface area (Å²) in [5, 5.41) is 2.88. The van der Waals surface area contributed by atoms with Gasteiger partial charge in [0.1, 0.15) is 11.5 Å². The van der Waals surface area contributed by atoms with Crippen LogP contribution in [0.3, 0.4) is 0 Å². The van der Waals surface area contributed by atoms with E-state index in [-0.39, 0.29) is 11.8 Å². The summed E-state index contributed by atoms with van der Waals surface area (Å²) < 4.78 is 10.4. The Morgan fingerprint density at radius 2 is 2.00 bits per heavy atom. The van der Waals surface area contributed by atoms with Crippen molar-refractivity contribution in [2.75, 3.05) is 26.1 Å². The molecule has 1 aromatic carbocycles. The Morgan fingerprint density at radius 1 is 1.29 bits per heavy atom. The van der Waals surface area contributed by atoms with Crippen LogP contribution in [0.15, 0.2) is 18.2 Å². The first-order valence-electron chi connectivity index (χ1n) is 7.22. The van der Waals surface area contributed by atoms with Crippen LogP contribution in [0.25, 0.3) is 0 Å². The number of hydrogen-bond acceptors (Lipinski definition) is 4. The second-order valence-corrected chi connectivity index (χ2v) is 5.55. The number of hydrogen-bond donors (Lipinski definition) is 2. The van der Waals surface area contributed by atoms with E-state index in [1.807, 2.05) is 0 Å². The molecule has 1 aromatic rings. The molecule has 0 saturated heterocycles. The van der Waals surface area contributed by atoms with E-state index in [1.54, 1.807) is 32.4 Å². The lowest BCUT2D eigenvalue weighted by Crippen LogP contribution is -2.23. The van der Waals surface area contributed by atoms with Crippen LogP contribution in [-0.4, -0.2) is 26.7 Å². The SMILES string of the molecule is COc1ccc(NC(=O)C[C@@H](CN)CC(C)C)c(OC)c1. The number of benzene rings is 1. The largest absolute Gasteiger partial charge is 0.497 e. The predicted octanol–water partition coefficient (Wildman–Crippen LogP) is 2.65. The van der Waals surface area contributed by atoms with Crippen LogP contribution in [0.5, 0.6) is 11.5 Å². The number of nitrogens with one attached hydrogen (secondary N) is 1. The highest BCUT2D eigenvalue weighted by atomic mass is 16.5. The van der Waals surface area contributed by atoms with Crippen LogP contribution in [0.4, 0.5) is 5.69 Å². The molecule has 1 atom stereocenters. The molecule has 5 heteroatoms. The number of ether oxygens (including phenoxy) is 2. The summed E-state index contributed by atoms with van der Waals surface area (Å²) in [4.78, 5) is 12.1. The van der Waals surface area contributed by atoms with Gasteiger partial charge in [-0.15, -0.1) is 0 Å². The molecule has 0 saturated carbocycles. The molecule has 0 heterocycles. The van der Waals surface area contributed by atoms with Gasteiger partial charge in [0.15, 0.2) is 0 Å². The predicted molar refractivity (Wildman–Crippen MR) is 84.8 cm³/mol. The average Bonchev–Trinajstić information content (AvgIpc) is 2.46. The Balaban J connectivity index is 2.69. The monoisotopic (exact) mass is 294 g/mol. The molecule has 0 aromatic heterocycles. The Bertz CT molecular complexity index is 461. The van der Waals surface area contributed by atoms with Crippen LogP contribution in [-0.2, 0) is 4.79 Å². The lowest BCUT2D eigenvalue weighted by Gasteiger charge is -2.17. The number of nitrogens with two attached hydrogens (primary N) is 1. The van der Waals surface area contributed by atoms with Crippen molar-refractivity contribution >= 4 is 11.6 Å². The fourth-order valence-electron chi connectivity index (χ4n) is 2.29. The van der Waals surface area contributed by atoms with Crippen LogP contribution in [0.2, 0.25) is 0 Å². The van der Waals surface area contributed by atoms with E-state index in [0.717, 1.165) is 6.42 Å². The van der Waals surface area contributed by atoms with Crippen LogP contribution in [0.1, 0.15) is 26.7 Å². The molecule has 0 unspecified atom stereocenters. The van der Waals surface area contributed by atoms with Gasteiger partial charge in [0.25, 0.3) is 0 Å². The van der Waals surface area contributed by atoms with Crippen molar-refractivity contribution < 1.29 is 14.3 Å². The van der Waals surface area contributed by atoms with E-state index in [0.29, 0.717) is 36.1 Å². The molecule has 0 spiro atoms. The van der Waals surface area contributed by atoms with Crippen LogP contribution >= 0.6 is 0 Å². The topological polar surface area (TPSA) is 73.6 Å². The highest BCUT2D eigenvalue weighted by Crippen LogP contribution is 2.29. The lowest BCUT2D eigenvalue weighted by atomic mass is 9.94. The quantitative estimate of drug-likeness (QED) is 0.773. The van der Waals surface area contributed by atoms with Crippen molar-refractivity contribution in [2.24, 2.45) is 17.6 Å². The minimum atomic E-state index is -0.0467. The summed E-state index contributed by atoms with van der Waals surface area (Å²) in [6, 6.07) is 5.30. The fourth-order valence-corrected chi connectivity index (χ4v) is 2.29. The molecule has 5 nitrogen and oxygen atoms in total. The number of amides is 1. The molecule has 3 N–H and O–H groups in total. The van der Waals surface area contributed by atoms with Crippen molar-refractivity contribution in [3.05, 3.63) is 18.2 Å². The Kier molecular flexibility index (Phi) is 7.02.